The Morgan fingerprint density at radius 3 is 2.47 bits per heavy atom. The molecule has 19 heavy (non-hydrogen) atoms. The van der Waals surface area contributed by atoms with Crippen LogP contribution in [-0.2, 0) is 0 Å². The van der Waals surface area contributed by atoms with E-state index in [-0.39, 0.29) is 11.9 Å². The number of aryl methyl sites for hydroxylation is 2. The second kappa shape index (κ2) is 5.76. The van der Waals surface area contributed by atoms with Crippen molar-refractivity contribution in [2.45, 2.75) is 36.6 Å². The summed E-state index contributed by atoms with van der Waals surface area (Å²) >= 11 is 1.56. The molecule has 2 aromatic carbocycles. The summed E-state index contributed by atoms with van der Waals surface area (Å²) in [6.45, 7) is 5.97. The minimum Gasteiger partial charge on any atom is -0.324 e. The van der Waals surface area contributed by atoms with E-state index >= 15 is 0 Å². The largest absolute Gasteiger partial charge is 0.324 e. The molecule has 0 fully saturated rings. The molecule has 0 unspecified atom stereocenters. The minimum atomic E-state index is -0.310. The van der Waals surface area contributed by atoms with Gasteiger partial charge in [0.1, 0.15) is 5.82 Å². The molecule has 1 atom stereocenters. The Hall–Kier alpha value is -1.32. The van der Waals surface area contributed by atoms with Gasteiger partial charge in [-0.1, -0.05) is 23.9 Å². The molecular formula is C16H18FNS. The van der Waals surface area contributed by atoms with Gasteiger partial charge >= 0.3 is 0 Å². The maximum absolute atomic E-state index is 13.9. The van der Waals surface area contributed by atoms with Crippen LogP contribution in [0.25, 0.3) is 0 Å². The summed E-state index contributed by atoms with van der Waals surface area (Å²) in [6, 6.07) is 11.1. The summed E-state index contributed by atoms with van der Waals surface area (Å²) in [5, 5.41) is 0. The van der Waals surface area contributed by atoms with E-state index in [2.05, 4.69) is 32.0 Å². The molecule has 0 aromatic heterocycles. The lowest BCUT2D eigenvalue weighted by atomic mass is 10.1. The van der Waals surface area contributed by atoms with E-state index in [1.54, 1.807) is 17.8 Å². The van der Waals surface area contributed by atoms with E-state index in [1.165, 1.54) is 17.2 Å². The Labute approximate surface area is 118 Å². The average molecular weight is 275 g/mol. The first kappa shape index (κ1) is 14.1. The van der Waals surface area contributed by atoms with Gasteiger partial charge in [0.15, 0.2) is 0 Å². The van der Waals surface area contributed by atoms with E-state index in [4.69, 9.17) is 5.73 Å². The van der Waals surface area contributed by atoms with E-state index in [0.29, 0.717) is 5.56 Å². The first-order valence-electron chi connectivity index (χ1n) is 6.28. The van der Waals surface area contributed by atoms with Gasteiger partial charge < -0.3 is 5.73 Å². The molecule has 0 spiro atoms. The van der Waals surface area contributed by atoms with Crippen LogP contribution in [0.2, 0.25) is 0 Å². The van der Waals surface area contributed by atoms with Crippen LogP contribution in [0.3, 0.4) is 0 Å². The van der Waals surface area contributed by atoms with Crippen molar-refractivity contribution in [3.8, 4) is 0 Å². The van der Waals surface area contributed by atoms with Crippen LogP contribution in [0.4, 0.5) is 4.39 Å². The fourth-order valence-corrected chi connectivity index (χ4v) is 3.12. The fraction of sp³-hybridized carbons (Fsp3) is 0.250. The van der Waals surface area contributed by atoms with Crippen LogP contribution in [0.1, 0.15) is 29.7 Å². The second-order valence-corrected chi connectivity index (χ2v) is 5.90. The van der Waals surface area contributed by atoms with Gasteiger partial charge in [-0.15, -0.1) is 0 Å². The molecule has 2 aromatic rings. The Bertz CT molecular complexity index is 593. The molecule has 3 heteroatoms. The maximum atomic E-state index is 13.9. The Balaban J connectivity index is 2.38. The third kappa shape index (κ3) is 3.17. The molecule has 0 saturated heterocycles. The number of halogens is 1. The molecule has 0 saturated carbocycles. The van der Waals surface area contributed by atoms with Crippen LogP contribution in [-0.4, -0.2) is 0 Å². The highest BCUT2D eigenvalue weighted by atomic mass is 32.2. The zero-order valence-corrected chi connectivity index (χ0v) is 12.2. The average Bonchev–Trinajstić information content (AvgIpc) is 2.33. The lowest BCUT2D eigenvalue weighted by Crippen LogP contribution is -2.08. The van der Waals surface area contributed by atoms with Crippen LogP contribution in [0, 0.1) is 19.7 Å². The van der Waals surface area contributed by atoms with Crippen LogP contribution < -0.4 is 5.73 Å². The van der Waals surface area contributed by atoms with Crippen molar-refractivity contribution in [3.05, 3.63) is 58.9 Å². The fourth-order valence-electron chi connectivity index (χ4n) is 1.95. The molecule has 0 aliphatic heterocycles. The van der Waals surface area contributed by atoms with Crippen molar-refractivity contribution in [1.29, 1.82) is 0 Å². The van der Waals surface area contributed by atoms with Gasteiger partial charge in [-0.05, 0) is 56.2 Å². The molecule has 1 nitrogen and oxygen atoms in total. The first-order chi connectivity index (χ1) is 8.99. The summed E-state index contributed by atoms with van der Waals surface area (Å²) in [7, 11) is 0. The van der Waals surface area contributed by atoms with Crippen molar-refractivity contribution in [2.75, 3.05) is 0 Å². The summed E-state index contributed by atoms with van der Waals surface area (Å²) in [4.78, 5) is 1.99. The summed E-state index contributed by atoms with van der Waals surface area (Å²) in [6.07, 6.45) is 0. The van der Waals surface area contributed by atoms with E-state index in [1.807, 2.05) is 13.0 Å². The lowest BCUT2D eigenvalue weighted by Gasteiger charge is -2.13. The molecule has 0 amide bonds. The number of nitrogens with two attached hydrogens (primary N) is 1. The normalized spacial score (nSPS) is 12.5. The Morgan fingerprint density at radius 1 is 1.11 bits per heavy atom. The monoisotopic (exact) mass is 275 g/mol. The molecule has 2 rings (SSSR count). The van der Waals surface area contributed by atoms with Crippen molar-refractivity contribution >= 4 is 11.8 Å². The lowest BCUT2D eigenvalue weighted by molar-refractivity contribution is 0.585. The molecule has 0 heterocycles. The SMILES string of the molecule is Cc1ccc(Sc2cccc(F)c2[C@@H](C)N)cc1C. The summed E-state index contributed by atoms with van der Waals surface area (Å²) in [5.74, 6) is -0.233. The Kier molecular flexibility index (Phi) is 4.27. The van der Waals surface area contributed by atoms with Gasteiger partial charge in [-0.25, -0.2) is 4.39 Å². The van der Waals surface area contributed by atoms with Crippen molar-refractivity contribution < 1.29 is 4.39 Å². The van der Waals surface area contributed by atoms with Gasteiger partial charge in [-0.3, -0.25) is 0 Å². The smallest absolute Gasteiger partial charge is 0.129 e. The van der Waals surface area contributed by atoms with Gasteiger partial charge in [0.2, 0.25) is 0 Å². The maximum Gasteiger partial charge on any atom is 0.129 e. The summed E-state index contributed by atoms with van der Waals surface area (Å²) in [5.41, 5.74) is 8.96. The highest BCUT2D eigenvalue weighted by Gasteiger charge is 2.13. The van der Waals surface area contributed by atoms with Gasteiger partial charge in [0, 0.05) is 21.4 Å². The topological polar surface area (TPSA) is 26.0 Å². The number of hydrogen-bond donors (Lipinski definition) is 1. The van der Waals surface area contributed by atoms with Gasteiger partial charge in [0.05, 0.1) is 0 Å². The molecule has 2 N–H and O–H groups in total. The number of benzene rings is 2. The highest BCUT2D eigenvalue weighted by Crippen LogP contribution is 2.34. The minimum absolute atomic E-state index is 0.233. The van der Waals surface area contributed by atoms with E-state index in [9.17, 15) is 4.39 Å². The molecule has 0 radical (unpaired) electrons. The second-order valence-electron chi connectivity index (χ2n) is 4.79. The van der Waals surface area contributed by atoms with Crippen LogP contribution >= 0.6 is 11.8 Å². The highest BCUT2D eigenvalue weighted by molar-refractivity contribution is 7.99. The molecular weight excluding hydrogens is 257 g/mol. The zero-order valence-electron chi connectivity index (χ0n) is 11.4. The van der Waals surface area contributed by atoms with Crippen molar-refractivity contribution in [3.63, 3.8) is 0 Å². The predicted molar refractivity (Wildman–Crippen MR) is 79.0 cm³/mol. The Morgan fingerprint density at radius 2 is 1.84 bits per heavy atom. The van der Waals surface area contributed by atoms with Gasteiger partial charge in [-0.2, -0.15) is 0 Å². The van der Waals surface area contributed by atoms with E-state index in [0.717, 1.165) is 9.79 Å². The van der Waals surface area contributed by atoms with E-state index < -0.39 is 0 Å². The third-order valence-electron chi connectivity index (χ3n) is 3.17. The first-order valence-corrected chi connectivity index (χ1v) is 7.10. The predicted octanol–water partition coefficient (Wildman–Crippen LogP) is 4.61. The molecule has 100 valence electrons. The standard InChI is InChI=1S/C16H18FNS/c1-10-7-8-13(9-11(10)2)19-15-6-4-5-14(17)16(15)12(3)18/h4-9,12H,18H2,1-3H3/t12-/m1/s1. The third-order valence-corrected chi connectivity index (χ3v) is 4.24. The van der Waals surface area contributed by atoms with Crippen molar-refractivity contribution in [2.24, 2.45) is 5.73 Å². The quantitative estimate of drug-likeness (QED) is 0.885. The number of hydrogen-bond acceptors (Lipinski definition) is 2. The van der Waals surface area contributed by atoms with Crippen LogP contribution in [0.5, 0.6) is 0 Å². The zero-order chi connectivity index (χ0) is 14.0. The van der Waals surface area contributed by atoms with Crippen molar-refractivity contribution in [1.82, 2.24) is 0 Å². The summed E-state index contributed by atoms with van der Waals surface area (Å²) < 4.78 is 13.9. The van der Waals surface area contributed by atoms with Crippen LogP contribution in [0.15, 0.2) is 46.2 Å². The molecule has 0 bridgehead atoms. The molecule has 0 aliphatic carbocycles. The number of rotatable bonds is 3. The molecule has 0 aliphatic rings. The van der Waals surface area contributed by atoms with Gasteiger partial charge in [0.25, 0.3) is 0 Å².